The van der Waals surface area contributed by atoms with Crippen LogP contribution in [0.5, 0.6) is 0 Å². The number of hydrogen-bond donors (Lipinski definition) is 0. The fourth-order valence-electron chi connectivity index (χ4n) is 4.18. The van der Waals surface area contributed by atoms with E-state index in [-0.39, 0.29) is 17.0 Å². The van der Waals surface area contributed by atoms with E-state index in [1.54, 1.807) is 9.47 Å². The van der Waals surface area contributed by atoms with Crippen LogP contribution >= 0.6 is 24.0 Å². The van der Waals surface area contributed by atoms with Crippen molar-refractivity contribution in [3.05, 3.63) is 31.9 Å². The molecule has 0 spiro atoms. The highest BCUT2D eigenvalue weighted by Gasteiger charge is 2.33. The van der Waals surface area contributed by atoms with Crippen molar-refractivity contribution in [3.8, 4) is 6.07 Å². The summed E-state index contributed by atoms with van der Waals surface area (Å²) >= 11 is 6.72. The van der Waals surface area contributed by atoms with Gasteiger partial charge in [-0.25, -0.2) is 0 Å². The second-order valence-electron chi connectivity index (χ2n) is 8.31. The predicted octanol–water partition coefficient (Wildman–Crippen LogP) is 4.29. The normalized spacial score (nSPS) is 18.9. The molecule has 0 aromatic carbocycles. The van der Waals surface area contributed by atoms with Crippen LogP contribution in [0.15, 0.2) is 9.70 Å². The third-order valence-electron chi connectivity index (χ3n) is 5.97. The van der Waals surface area contributed by atoms with Crippen molar-refractivity contribution >= 4 is 46.1 Å². The van der Waals surface area contributed by atoms with Gasteiger partial charge in [0.2, 0.25) is 0 Å². The largest absolute Gasteiger partial charge is 0.357 e. The standard InChI is InChI=1S/C23H30N4O2S2/c1-5-9-26-20(25-11-7-15(3)8-12-25)17(16(4)18(14-24)21(26)28)13-19-22(29)27(10-6-2)23(30)31-19/h13,15H,5-12H2,1-4H3/b19-13-. The van der Waals surface area contributed by atoms with Crippen molar-refractivity contribution in [2.45, 2.75) is 59.9 Å². The number of thiocarbonyl (C=S) groups is 1. The van der Waals surface area contributed by atoms with Gasteiger partial charge in [0.25, 0.3) is 11.5 Å². The molecule has 2 aliphatic rings. The van der Waals surface area contributed by atoms with Crippen LogP contribution in [0.3, 0.4) is 0 Å². The molecule has 1 aromatic heterocycles. The maximum atomic E-state index is 13.2. The number of amides is 1. The Kier molecular flexibility index (Phi) is 7.60. The van der Waals surface area contributed by atoms with Crippen LogP contribution in [0, 0.1) is 24.2 Å². The zero-order chi connectivity index (χ0) is 22.7. The summed E-state index contributed by atoms with van der Waals surface area (Å²) in [6.45, 7) is 10.9. The lowest BCUT2D eigenvalue weighted by molar-refractivity contribution is -0.122. The molecular formula is C23H30N4O2S2. The van der Waals surface area contributed by atoms with Crippen molar-refractivity contribution in [1.29, 1.82) is 5.26 Å². The van der Waals surface area contributed by atoms with Gasteiger partial charge in [-0.15, -0.1) is 0 Å². The van der Waals surface area contributed by atoms with E-state index in [4.69, 9.17) is 12.2 Å². The van der Waals surface area contributed by atoms with E-state index in [0.717, 1.165) is 50.2 Å². The Labute approximate surface area is 193 Å². The number of thioether (sulfide) groups is 1. The number of piperidine rings is 1. The van der Waals surface area contributed by atoms with Crippen LogP contribution in [-0.4, -0.2) is 39.3 Å². The molecule has 0 saturated carbocycles. The van der Waals surface area contributed by atoms with E-state index in [0.29, 0.717) is 33.8 Å². The van der Waals surface area contributed by atoms with Gasteiger partial charge in [-0.3, -0.25) is 19.1 Å². The molecule has 3 rings (SSSR count). The molecular weight excluding hydrogens is 428 g/mol. The third kappa shape index (κ3) is 4.58. The number of hydrogen-bond acceptors (Lipinski definition) is 6. The van der Waals surface area contributed by atoms with Crippen LogP contribution in [0.1, 0.15) is 63.1 Å². The van der Waals surface area contributed by atoms with E-state index in [9.17, 15) is 14.9 Å². The number of nitrogens with zero attached hydrogens (tertiary/aromatic N) is 4. The highest BCUT2D eigenvalue weighted by molar-refractivity contribution is 8.26. The Balaban J connectivity index is 2.22. The lowest BCUT2D eigenvalue weighted by atomic mass is 9.97. The molecule has 31 heavy (non-hydrogen) atoms. The zero-order valence-corrected chi connectivity index (χ0v) is 20.4. The first-order valence-corrected chi connectivity index (χ1v) is 12.2. The fourth-order valence-corrected chi connectivity index (χ4v) is 5.47. The minimum absolute atomic E-state index is 0.0961. The van der Waals surface area contributed by atoms with Gasteiger partial charge < -0.3 is 4.90 Å². The molecule has 3 heterocycles. The number of carbonyl (C=O) groups excluding carboxylic acids is 1. The van der Waals surface area contributed by atoms with Crippen molar-refractivity contribution in [3.63, 3.8) is 0 Å². The summed E-state index contributed by atoms with van der Waals surface area (Å²) in [5.41, 5.74) is 1.33. The Bertz CT molecular complexity index is 1010. The molecule has 0 atom stereocenters. The molecule has 166 valence electrons. The van der Waals surface area contributed by atoms with Crippen LogP contribution in [0.4, 0.5) is 5.82 Å². The molecule has 0 N–H and O–H groups in total. The molecule has 0 unspecified atom stereocenters. The van der Waals surface area contributed by atoms with Crippen molar-refractivity contribution in [2.75, 3.05) is 24.5 Å². The number of anilines is 1. The van der Waals surface area contributed by atoms with Crippen LogP contribution in [0.25, 0.3) is 6.08 Å². The first kappa shape index (κ1) is 23.6. The van der Waals surface area contributed by atoms with E-state index in [1.807, 2.05) is 26.8 Å². The van der Waals surface area contributed by atoms with Gasteiger partial charge in [0.15, 0.2) is 0 Å². The van der Waals surface area contributed by atoms with E-state index >= 15 is 0 Å². The molecule has 2 aliphatic heterocycles. The summed E-state index contributed by atoms with van der Waals surface area (Å²) in [6, 6.07) is 2.10. The number of nitriles is 1. The number of aromatic nitrogens is 1. The van der Waals surface area contributed by atoms with Gasteiger partial charge in [0.1, 0.15) is 21.8 Å². The highest BCUT2D eigenvalue weighted by atomic mass is 32.2. The molecule has 2 saturated heterocycles. The number of rotatable bonds is 6. The Morgan fingerprint density at radius 3 is 2.42 bits per heavy atom. The van der Waals surface area contributed by atoms with Crippen LogP contribution in [-0.2, 0) is 11.3 Å². The van der Waals surface area contributed by atoms with E-state index in [2.05, 4.69) is 17.9 Å². The highest BCUT2D eigenvalue weighted by Crippen LogP contribution is 2.36. The molecule has 0 aliphatic carbocycles. The maximum absolute atomic E-state index is 13.2. The average Bonchev–Trinajstić information content (AvgIpc) is 3.01. The Morgan fingerprint density at radius 2 is 1.84 bits per heavy atom. The number of pyridine rings is 1. The number of carbonyl (C=O) groups is 1. The minimum atomic E-state index is -0.244. The van der Waals surface area contributed by atoms with E-state index < -0.39 is 0 Å². The predicted molar refractivity (Wildman–Crippen MR) is 131 cm³/mol. The zero-order valence-electron chi connectivity index (χ0n) is 18.7. The lowest BCUT2D eigenvalue weighted by Gasteiger charge is -2.35. The van der Waals surface area contributed by atoms with Gasteiger partial charge in [-0.1, -0.05) is 44.8 Å². The van der Waals surface area contributed by atoms with Gasteiger partial charge in [0, 0.05) is 31.7 Å². The van der Waals surface area contributed by atoms with Crippen LogP contribution in [0.2, 0.25) is 0 Å². The van der Waals surface area contributed by atoms with Crippen molar-refractivity contribution in [2.24, 2.45) is 5.92 Å². The van der Waals surface area contributed by atoms with Crippen molar-refractivity contribution < 1.29 is 4.79 Å². The molecule has 6 nitrogen and oxygen atoms in total. The summed E-state index contributed by atoms with van der Waals surface area (Å²) < 4.78 is 2.30. The quantitative estimate of drug-likeness (QED) is 0.468. The molecule has 1 amide bonds. The second kappa shape index (κ2) is 10.0. The second-order valence-corrected chi connectivity index (χ2v) is 9.98. The van der Waals surface area contributed by atoms with Gasteiger partial charge in [0.05, 0.1) is 4.91 Å². The molecule has 0 radical (unpaired) electrons. The fraction of sp³-hybridized carbons (Fsp3) is 0.565. The monoisotopic (exact) mass is 458 g/mol. The average molecular weight is 459 g/mol. The van der Waals surface area contributed by atoms with Crippen LogP contribution < -0.4 is 10.5 Å². The topological polar surface area (TPSA) is 69.3 Å². The van der Waals surface area contributed by atoms with Crippen molar-refractivity contribution in [1.82, 2.24) is 9.47 Å². The van der Waals surface area contributed by atoms with E-state index in [1.165, 1.54) is 11.8 Å². The molecule has 2 fully saturated rings. The minimum Gasteiger partial charge on any atom is -0.357 e. The summed E-state index contributed by atoms with van der Waals surface area (Å²) in [7, 11) is 0. The first-order chi connectivity index (χ1) is 14.8. The summed E-state index contributed by atoms with van der Waals surface area (Å²) in [6.07, 6.45) is 5.57. The van der Waals surface area contributed by atoms with Gasteiger partial charge in [-0.2, -0.15) is 5.26 Å². The Hall–Kier alpha value is -2.11. The lowest BCUT2D eigenvalue weighted by Crippen LogP contribution is -2.39. The van der Waals surface area contributed by atoms with Gasteiger partial charge >= 0.3 is 0 Å². The van der Waals surface area contributed by atoms with Gasteiger partial charge in [-0.05, 0) is 50.2 Å². The summed E-state index contributed by atoms with van der Waals surface area (Å²) in [4.78, 5) is 30.6. The smallest absolute Gasteiger partial charge is 0.270 e. The third-order valence-corrected chi connectivity index (χ3v) is 7.35. The SMILES string of the molecule is CCCN1C(=O)/C(=C/c2c(C)c(C#N)c(=O)n(CCC)c2N2CCC(C)CC2)SC1=S. The molecule has 0 bridgehead atoms. The summed E-state index contributed by atoms with van der Waals surface area (Å²) in [5, 5.41) is 9.72. The molecule has 8 heteroatoms. The Morgan fingerprint density at radius 1 is 1.19 bits per heavy atom. The summed E-state index contributed by atoms with van der Waals surface area (Å²) in [5.74, 6) is 1.38. The molecule has 1 aromatic rings. The maximum Gasteiger partial charge on any atom is 0.270 e. The first-order valence-electron chi connectivity index (χ1n) is 11.0.